The van der Waals surface area contributed by atoms with Crippen LogP contribution >= 0.6 is 0 Å². The molecule has 0 aliphatic rings. The van der Waals surface area contributed by atoms with Crippen molar-refractivity contribution in [1.29, 1.82) is 0 Å². The van der Waals surface area contributed by atoms with Crippen molar-refractivity contribution in [3.8, 4) is 0 Å². The number of pyridine rings is 1. The molecule has 0 aliphatic heterocycles. The second kappa shape index (κ2) is 4.40. The molecule has 15 heavy (non-hydrogen) atoms. The molecule has 1 atom stereocenters. The molecule has 2 heterocycles. The maximum atomic E-state index is 4.26. The summed E-state index contributed by atoms with van der Waals surface area (Å²) >= 11 is 0. The van der Waals surface area contributed by atoms with Crippen molar-refractivity contribution < 1.29 is 0 Å². The van der Waals surface area contributed by atoms with Crippen LogP contribution in [0.2, 0.25) is 0 Å². The van der Waals surface area contributed by atoms with Gasteiger partial charge in [-0.15, -0.1) is 0 Å². The second-order valence-corrected chi connectivity index (χ2v) is 3.64. The predicted octanol–water partition coefficient (Wildman–Crippen LogP) is 1.43. The van der Waals surface area contributed by atoms with Gasteiger partial charge in [0.1, 0.15) is 0 Å². The van der Waals surface area contributed by atoms with Gasteiger partial charge in [0.15, 0.2) is 5.65 Å². The minimum Gasteiger partial charge on any atom is -0.328 e. The smallest absolute Gasteiger partial charge is 0.177 e. The Kier molecular flexibility index (Phi) is 2.97. The van der Waals surface area contributed by atoms with Crippen LogP contribution in [-0.2, 0) is 6.54 Å². The number of imidazole rings is 1. The van der Waals surface area contributed by atoms with Gasteiger partial charge in [0, 0.05) is 18.8 Å². The molecule has 0 fully saturated rings. The van der Waals surface area contributed by atoms with E-state index in [1.807, 2.05) is 19.4 Å². The number of aromatic nitrogens is 3. The van der Waals surface area contributed by atoms with Crippen molar-refractivity contribution in [3.05, 3.63) is 24.7 Å². The van der Waals surface area contributed by atoms with E-state index in [4.69, 9.17) is 0 Å². The topological polar surface area (TPSA) is 42.7 Å². The van der Waals surface area contributed by atoms with Crippen molar-refractivity contribution >= 4 is 11.2 Å². The molecule has 0 spiro atoms. The summed E-state index contributed by atoms with van der Waals surface area (Å²) in [6.07, 6.45) is 4.74. The van der Waals surface area contributed by atoms with Crippen LogP contribution in [0.5, 0.6) is 0 Å². The molecule has 2 rings (SSSR count). The van der Waals surface area contributed by atoms with E-state index in [2.05, 4.69) is 32.8 Å². The Morgan fingerprint density at radius 3 is 3.07 bits per heavy atom. The molecule has 2 aromatic heterocycles. The van der Waals surface area contributed by atoms with E-state index in [1.165, 1.54) is 0 Å². The standard InChI is InChI=1S/C11H16N4/c1-3-9(12-2)7-15-8-14-11-10(15)5-4-6-13-11/h4-6,8-9,12H,3,7H2,1-2H3. The van der Waals surface area contributed by atoms with Crippen LogP contribution < -0.4 is 5.32 Å². The molecule has 0 saturated heterocycles. The summed E-state index contributed by atoms with van der Waals surface area (Å²) in [6.45, 7) is 3.12. The van der Waals surface area contributed by atoms with Crippen LogP contribution in [0.25, 0.3) is 11.2 Å². The van der Waals surface area contributed by atoms with E-state index >= 15 is 0 Å². The normalized spacial score (nSPS) is 13.2. The highest BCUT2D eigenvalue weighted by Crippen LogP contribution is 2.10. The average molecular weight is 204 g/mol. The second-order valence-electron chi connectivity index (χ2n) is 3.64. The molecule has 4 heteroatoms. The molecule has 80 valence electrons. The lowest BCUT2D eigenvalue weighted by atomic mass is 10.2. The van der Waals surface area contributed by atoms with Crippen molar-refractivity contribution in [2.75, 3.05) is 7.05 Å². The molecule has 0 aromatic carbocycles. The van der Waals surface area contributed by atoms with Crippen LogP contribution in [0.15, 0.2) is 24.7 Å². The Labute approximate surface area is 89.3 Å². The quantitative estimate of drug-likeness (QED) is 0.819. The fourth-order valence-electron chi connectivity index (χ4n) is 1.71. The van der Waals surface area contributed by atoms with Gasteiger partial charge >= 0.3 is 0 Å². The highest BCUT2D eigenvalue weighted by atomic mass is 15.1. The summed E-state index contributed by atoms with van der Waals surface area (Å²) in [4.78, 5) is 8.47. The predicted molar refractivity (Wildman–Crippen MR) is 60.7 cm³/mol. The third-order valence-corrected chi connectivity index (χ3v) is 2.71. The van der Waals surface area contributed by atoms with Crippen LogP contribution in [0.4, 0.5) is 0 Å². The summed E-state index contributed by atoms with van der Waals surface area (Å²) in [7, 11) is 1.99. The zero-order chi connectivity index (χ0) is 10.7. The number of rotatable bonds is 4. The molecular formula is C11H16N4. The SMILES string of the molecule is CCC(Cn1cnc2ncccc21)NC. The number of hydrogen-bond donors (Lipinski definition) is 1. The van der Waals surface area contributed by atoms with Gasteiger partial charge in [0.2, 0.25) is 0 Å². The third kappa shape index (κ3) is 1.99. The molecule has 0 saturated carbocycles. The van der Waals surface area contributed by atoms with Crippen LogP contribution in [0.3, 0.4) is 0 Å². The molecule has 2 aromatic rings. The summed E-state index contributed by atoms with van der Waals surface area (Å²) in [5.41, 5.74) is 1.93. The molecule has 4 nitrogen and oxygen atoms in total. The van der Waals surface area contributed by atoms with Crippen molar-refractivity contribution in [3.63, 3.8) is 0 Å². The van der Waals surface area contributed by atoms with Gasteiger partial charge in [-0.05, 0) is 25.6 Å². The first kappa shape index (κ1) is 10.1. The van der Waals surface area contributed by atoms with E-state index in [9.17, 15) is 0 Å². The van der Waals surface area contributed by atoms with E-state index < -0.39 is 0 Å². The lowest BCUT2D eigenvalue weighted by Gasteiger charge is -2.14. The van der Waals surface area contributed by atoms with Gasteiger partial charge in [0.05, 0.1) is 11.8 Å². The van der Waals surface area contributed by atoms with Crippen LogP contribution in [-0.4, -0.2) is 27.6 Å². The van der Waals surface area contributed by atoms with Crippen LogP contribution in [0.1, 0.15) is 13.3 Å². The number of nitrogens with one attached hydrogen (secondary N) is 1. The van der Waals surface area contributed by atoms with E-state index in [1.54, 1.807) is 6.20 Å². The molecular weight excluding hydrogens is 188 g/mol. The lowest BCUT2D eigenvalue weighted by molar-refractivity contribution is 0.475. The number of likely N-dealkylation sites (N-methyl/N-ethyl adjacent to an activating group) is 1. The van der Waals surface area contributed by atoms with E-state index in [0.717, 1.165) is 24.1 Å². The maximum absolute atomic E-state index is 4.26. The fraction of sp³-hybridized carbons (Fsp3) is 0.455. The molecule has 1 unspecified atom stereocenters. The van der Waals surface area contributed by atoms with E-state index in [-0.39, 0.29) is 0 Å². The Morgan fingerprint density at radius 1 is 1.47 bits per heavy atom. The highest BCUT2D eigenvalue weighted by Gasteiger charge is 2.07. The van der Waals surface area contributed by atoms with Crippen molar-refractivity contribution in [1.82, 2.24) is 19.9 Å². The van der Waals surface area contributed by atoms with Crippen molar-refractivity contribution in [2.24, 2.45) is 0 Å². The van der Waals surface area contributed by atoms with E-state index in [0.29, 0.717) is 6.04 Å². The summed E-state index contributed by atoms with van der Waals surface area (Å²) in [6, 6.07) is 4.49. The largest absolute Gasteiger partial charge is 0.328 e. The first-order chi connectivity index (χ1) is 7.35. The first-order valence-electron chi connectivity index (χ1n) is 5.28. The lowest BCUT2D eigenvalue weighted by Crippen LogP contribution is -2.29. The first-order valence-corrected chi connectivity index (χ1v) is 5.28. The molecule has 0 radical (unpaired) electrons. The Balaban J connectivity index is 2.28. The number of hydrogen-bond acceptors (Lipinski definition) is 3. The third-order valence-electron chi connectivity index (χ3n) is 2.71. The molecule has 0 amide bonds. The Bertz CT molecular complexity index is 431. The summed E-state index contributed by atoms with van der Waals surface area (Å²) < 4.78 is 2.15. The van der Waals surface area contributed by atoms with Gasteiger partial charge in [0.25, 0.3) is 0 Å². The Morgan fingerprint density at radius 2 is 2.33 bits per heavy atom. The minimum absolute atomic E-state index is 0.489. The van der Waals surface area contributed by atoms with Gasteiger partial charge in [-0.3, -0.25) is 0 Å². The maximum Gasteiger partial charge on any atom is 0.177 e. The van der Waals surface area contributed by atoms with Gasteiger partial charge in [-0.1, -0.05) is 6.92 Å². The summed E-state index contributed by atoms with van der Waals surface area (Å²) in [5, 5.41) is 3.29. The minimum atomic E-state index is 0.489. The van der Waals surface area contributed by atoms with Gasteiger partial charge in [-0.2, -0.15) is 0 Å². The van der Waals surface area contributed by atoms with Gasteiger partial charge in [-0.25, -0.2) is 9.97 Å². The highest BCUT2D eigenvalue weighted by molar-refractivity contribution is 5.70. The fourth-order valence-corrected chi connectivity index (χ4v) is 1.71. The Hall–Kier alpha value is -1.42. The zero-order valence-electron chi connectivity index (χ0n) is 9.14. The zero-order valence-corrected chi connectivity index (χ0v) is 9.14. The van der Waals surface area contributed by atoms with Crippen molar-refractivity contribution in [2.45, 2.75) is 25.9 Å². The van der Waals surface area contributed by atoms with Gasteiger partial charge < -0.3 is 9.88 Å². The van der Waals surface area contributed by atoms with Crippen LogP contribution in [0, 0.1) is 0 Å². The molecule has 0 bridgehead atoms. The monoisotopic (exact) mass is 204 g/mol. The molecule has 1 N–H and O–H groups in total. The summed E-state index contributed by atoms with van der Waals surface area (Å²) in [5.74, 6) is 0. The number of fused-ring (bicyclic) bond motifs is 1. The molecule has 0 aliphatic carbocycles. The number of nitrogens with zero attached hydrogens (tertiary/aromatic N) is 3. The average Bonchev–Trinajstić information content (AvgIpc) is 2.69.